The van der Waals surface area contributed by atoms with Crippen LogP contribution in [0.4, 0.5) is 0 Å². The maximum absolute atomic E-state index is 12.1. The average molecular weight is 712 g/mol. The number of hydrogen-bond acceptors (Lipinski definition) is 12. The third kappa shape index (κ3) is 9.33. The van der Waals surface area contributed by atoms with Gasteiger partial charge in [0.15, 0.2) is 8.32 Å². The Balaban J connectivity index is 7.90. The molecule has 0 saturated carbocycles. The molecule has 208 valence electrons. The molecule has 0 aliphatic carbocycles. The smallest absolute Gasteiger partial charge is 0.418 e. The van der Waals surface area contributed by atoms with Gasteiger partial charge in [0.1, 0.15) is 0 Å². The van der Waals surface area contributed by atoms with Crippen molar-refractivity contribution in [2.75, 3.05) is 6.54 Å². The third-order valence-corrected chi connectivity index (χ3v) is 90.6. The zero-order valence-corrected chi connectivity index (χ0v) is 34.4. The Labute approximate surface area is 234 Å². The van der Waals surface area contributed by atoms with E-state index in [4.69, 9.17) is 26.3 Å². The minimum absolute atomic E-state index is 0.185. The van der Waals surface area contributed by atoms with Crippen LogP contribution >= 0.6 is 0 Å². The first-order chi connectivity index (χ1) is 16.2. The summed E-state index contributed by atoms with van der Waals surface area (Å²) in [6, 6.07) is 0.210. The van der Waals surface area contributed by atoms with Crippen molar-refractivity contribution in [2.45, 2.75) is 71.4 Å². The van der Waals surface area contributed by atoms with Crippen LogP contribution in [0.2, 0.25) is 65.0 Å². The van der Waals surface area contributed by atoms with E-state index < -0.39 is 92.5 Å². The molecule has 3 unspecified atom stereocenters. The SMILES string of the molecule is C[Si]O[Si]([Si]O)([Si]O)[Si](O[Si](C)(C)O)(O[Si](C)(C)O[Si](C)(C)C)[Si](O[Si]O)([Si]O)[Si](C)(O)CCCN. The van der Waals surface area contributed by atoms with E-state index in [0.717, 1.165) is 0 Å². The molecule has 24 heteroatoms. The Morgan fingerprint density at radius 3 is 1.61 bits per heavy atom. The Kier molecular flexibility index (Phi) is 15.7. The lowest BCUT2D eigenvalue weighted by Crippen LogP contribution is -2.97. The fourth-order valence-corrected chi connectivity index (χ4v) is 135. The lowest BCUT2D eigenvalue weighted by Gasteiger charge is -2.57. The van der Waals surface area contributed by atoms with Gasteiger partial charge in [-0.1, -0.05) is 0 Å². The molecule has 0 aromatic carbocycles. The van der Waals surface area contributed by atoms with Crippen LogP contribution in [0.3, 0.4) is 0 Å². The van der Waals surface area contributed by atoms with E-state index in [-0.39, 0.29) is 22.4 Å². The second-order valence-corrected chi connectivity index (χ2v) is 64.9. The standard InChI is InChI=1S/C12H41NO11Si12/c1-25-20-35(27-15,28-16)34(23-31(5,6)18,24-32(7,8)22-30(2,3)4)36(29-17,21-26-14)33(9,19)12-10-11-13/h14-19H,10-13H2,1-9H3. The van der Waals surface area contributed by atoms with Crippen molar-refractivity contribution in [3.63, 3.8) is 0 Å². The third-order valence-electron chi connectivity index (χ3n) is 4.81. The molecular weight excluding hydrogens is 671 g/mol. The van der Waals surface area contributed by atoms with Gasteiger partial charge in [0.2, 0.25) is 45.4 Å². The van der Waals surface area contributed by atoms with E-state index >= 15 is 0 Å². The van der Waals surface area contributed by atoms with Crippen LogP contribution in [0.1, 0.15) is 6.42 Å². The van der Waals surface area contributed by atoms with E-state index in [9.17, 15) is 28.8 Å². The summed E-state index contributed by atoms with van der Waals surface area (Å²) in [5.41, 5.74) is 5.76. The van der Waals surface area contributed by atoms with Crippen molar-refractivity contribution in [3.8, 4) is 0 Å². The predicted octanol–water partition coefficient (Wildman–Crippen LogP) is -2.70. The van der Waals surface area contributed by atoms with Gasteiger partial charge in [-0.15, -0.1) is 0 Å². The molecule has 0 amide bonds. The lowest BCUT2D eigenvalue weighted by atomic mass is 10.5. The summed E-state index contributed by atoms with van der Waals surface area (Å²) in [5.74, 6) is 0. The van der Waals surface area contributed by atoms with Crippen molar-refractivity contribution in [1.82, 2.24) is 0 Å². The average Bonchev–Trinajstić information content (AvgIpc) is 2.70. The molecule has 8 N–H and O–H groups in total. The molecule has 0 aliphatic rings. The first kappa shape index (κ1) is 38.1. The summed E-state index contributed by atoms with van der Waals surface area (Å²) in [6.45, 7) is 8.13. The van der Waals surface area contributed by atoms with Crippen molar-refractivity contribution >= 4 is 102 Å². The normalized spacial score (nSPS) is 19.0. The highest BCUT2D eigenvalue weighted by Crippen LogP contribution is 2.41. The summed E-state index contributed by atoms with van der Waals surface area (Å²) in [4.78, 5) is 66.4. The first-order valence-electron chi connectivity index (χ1n) is 11.1. The van der Waals surface area contributed by atoms with Crippen LogP contribution in [-0.4, -0.2) is 138 Å². The van der Waals surface area contributed by atoms with Crippen LogP contribution in [0.25, 0.3) is 0 Å². The Morgan fingerprint density at radius 1 is 0.750 bits per heavy atom. The number of hydrogen-bond donors (Lipinski definition) is 7. The maximum atomic E-state index is 12.1. The summed E-state index contributed by atoms with van der Waals surface area (Å²) < 4.78 is 32.3. The van der Waals surface area contributed by atoms with E-state index in [1.165, 1.54) is 13.1 Å². The van der Waals surface area contributed by atoms with Crippen LogP contribution in [-0.2, 0) is 20.6 Å². The molecule has 3 atom stereocenters. The minimum atomic E-state index is -4.44. The van der Waals surface area contributed by atoms with Crippen molar-refractivity contribution in [1.29, 1.82) is 0 Å². The fraction of sp³-hybridized carbons (Fsp3) is 1.00. The van der Waals surface area contributed by atoms with Crippen molar-refractivity contribution < 1.29 is 49.3 Å². The topological polar surface area (TPSA) is 194 Å². The van der Waals surface area contributed by atoms with E-state index in [1.54, 1.807) is 26.2 Å². The van der Waals surface area contributed by atoms with Crippen molar-refractivity contribution in [3.05, 3.63) is 0 Å². The van der Waals surface area contributed by atoms with Gasteiger partial charge in [-0.2, -0.15) is 0 Å². The van der Waals surface area contributed by atoms with Gasteiger partial charge in [0.25, 0.3) is 13.7 Å². The van der Waals surface area contributed by atoms with Gasteiger partial charge in [-0.05, 0) is 77.9 Å². The van der Waals surface area contributed by atoms with E-state index in [0.29, 0.717) is 6.42 Å². The maximum Gasteiger partial charge on any atom is 0.418 e. The second-order valence-electron chi connectivity index (χ2n) is 10.2. The molecule has 0 rings (SSSR count). The molecule has 0 aromatic rings. The fourth-order valence-electron chi connectivity index (χ4n) is 3.89. The molecule has 12 nitrogen and oxygen atoms in total. The molecule has 0 aliphatic heterocycles. The molecule has 0 heterocycles. The van der Waals surface area contributed by atoms with Gasteiger partial charge < -0.3 is 55.1 Å². The summed E-state index contributed by atoms with van der Waals surface area (Å²) in [6.07, 6.45) is 0.417. The minimum Gasteiger partial charge on any atom is -0.456 e. The first-order valence-corrected chi connectivity index (χ1v) is 39.6. The van der Waals surface area contributed by atoms with Gasteiger partial charge in [-0.25, -0.2) is 0 Å². The van der Waals surface area contributed by atoms with E-state index in [1.807, 2.05) is 19.6 Å². The van der Waals surface area contributed by atoms with Gasteiger partial charge >= 0.3 is 34.7 Å². The predicted molar refractivity (Wildman–Crippen MR) is 159 cm³/mol. The Morgan fingerprint density at radius 2 is 1.28 bits per heavy atom. The largest absolute Gasteiger partial charge is 0.456 e. The zero-order valence-electron chi connectivity index (χ0n) is 22.4. The molecule has 10 radical (unpaired) electrons. The molecule has 0 saturated heterocycles. The van der Waals surface area contributed by atoms with Gasteiger partial charge in [-0.3, -0.25) is 0 Å². The van der Waals surface area contributed by atoms with Gasteiger partial charge in [0, 0.05) is 0 Å². The van der Waals surface area contributed by atoms with Gasteiger partial charge in [0.05, 0.1) is 0 Å². The zero-order chi connectivity index (χ0) is 28.7. The van der Waals surface area contributed by atoms with Crippen molar-refractivity contribution in [2.24, 2.45) is 5.73 Å². The Hall–Kier alpha value is 2.12. The highest BCUT2D eigenvalue weighted by Gasteiger charge is 2.82. The Bertz CT molecular complexity index is 665. The monoisotopic (exact) mass is 711 g/mol. The van der Waals surface area contributed by atoms with Crippen LogP contribution in [0.15, 0.2) is 0 Å². The highest BCUT2D eigenvalue weighted by atomic mass is 30.2. The number of nitrogens with two attached hydrogens (primary N) is 1. The molecule has 0 aromatic heterocycles. The van der Waals surface area contributed by atoms with Crippen LogP contribution in [0.5, 0.6) is 0 Å². The van der Waals surface area contributed by atoms with E-state index in [2.05, 4.69) is 0 Å². The second kappa shape index (κ2) is 14.8. The van der Waals surface area contributed by atoms with Crippen LogP contribution in [0, 0.1) is 0 Å². The summed E-state index contributed by atoms with van der Waals surface area (Å²) >= 11 is 0. The quantitative estimate of drug-likeness (QED) is 0.0688. The lowest BCUT2D eigenvalue weighted by molar-refractivity contribution is 0.304. The molecule has 0 fully saturated rings. The molecule has 0 spiro atoms. The molecular formula is C12H41NO11Si12. The summed E-state index contributed by atoms with van der Waals surface area (Å²) in [5, 5.41) is 0. The van der Waals surface area contributed by atoms with Crippen LogP contribution < -0.4 is 5.73 Å². The summed E-state index contributed by atoms with van der Waals surface area (Å²) in [7, 11) is -21.4. The number of rotatable bonds is 19. The molecule has 36 heavy (non-hydrogen) atoms. The molecule has 0 bridgehead atoms. The highest BCUT2D eigenvalue weighted by molar-refractivity contribution is 7.98.